The van der Waals surface area contributed by atoms with Crippen molar-refractivity contribution in [1.29, 1.82) is 0 Å². The van der Waals surface area contributed by atoms with Gasteiger partial charge in [-0.15, -0.1) is 0 Å². The predicted octanol–water partition coefficient (Wildman–Crippen LogP) is 0.895. The number of nitrogens with two attached hydrogens (primary N) is 1. The van der Waals surface area contributed by atoms with Gasteiger partial charge >= 0.3 is 5.97 Å². The second kappa shape index (κ2) is 5.69. The maximum absolute atomic E-state index is 11.9. The first-order valence-electron chi connectivity index (χ1n) is 6.31. The molecule has 1 aromatic heterocycles. The number of amides is 1. The molecule has 1 aliphatic carbocycles. The van der Waals surface area contributed by atoms with Crippen LogP contribution in [0.1, 0.15) is 29.8 Å². The maximum atomic E-state index is 11.9. The Kier molecular flexibility index (Phi) is 3.99. The van der Waals surface area contributed by atoms with E-state index >= 15 is 0 Å². The first kappa shape index (κ1) is 13.3. The molecule has 0 radical (unpaired) electrons. The molecule has 1 heterocycles. The molecule has 1 amide bonds. The highest BCUT2D eigenvalue weighted by atomic mass is 16.4. The van der Waals surface area contributed by atoms with Gasteiger partial charge in [-0.2, -0.15) is 0 Å². The van der Waals surface area contributed by atoms with Crippen LogP contribution in [-0.2, 0) is 4.79 Å². The molecule has 1 aliphatic rings. The number of hydrogen-bond donors (Lipinski definition) is 3. The summed E-state index contributed by atoms with van der Waals surface area (Å²) in [5.74, 6) is -1.50. The van der Waals surface area contributed by atoms with E-state index in [0.29, 0.717) is 18.7 Å². The van der Waals surface area contributed by atoms with Crippen molar-refractivity contribution in [2.45, 2.75) is 19.3 Å². The summed E-state index contributed by atoms with van der Waals surface area (Å²) in [6.45, 7) is 0.353. The fourth-order valence-electron chi connectivity index (χ4n) is 2.52. The van der Waals surface area contributed by atoms with Crippen LogP contribution in [0.15, 0.2) is 18.3 Å². The van der Waals surface area contributed by atoms with E-state index in [1.807, 2.05) is 0 Å². The SMILES string of the molecule is Nc1cccnc1C(=O)NCC1CCCC1C(=O)O. The molecule has 6 nitrogen and oxygen atoms in total. The Hall–Kier alpha value is -2.11. The molecule has 1 aromatic rings. The number of nitrogen functional groups attached to an aromatic ring is 1. The normalized spacial score (nSPS) is 22.1. The molecule has 0 saturated heterocycles. The molecule has 0 aromatic carbocycles. The molecule has 2 atom stereocenters. The fourth-order valence-corrected chi connectivity index (χ4v) is 2.52. The van der Waals surface area contributed by atoms with Gasteiger partial charge in [0.1, 0.15) is 0 Å². The minimum Gasteiger partial charge on any atom is -0.481 e. The monoisotopic (exact) mass is 263 g/mol. The van der Waals surface area contributed by atoms with Crippen LogP contribution in [-0.4, -0.2) is 28.5 Å². The van der Waals surface area contributed by atoms with E-state index in [2.05, 4.69) is 10.3 Å². The number of carbonyl (C=O) groups is 2. The Morgan fingerprint density at radius 2 is 2.26 bits per heavy atom. The molecule has 1 fully saturated rings. The molecule has 102 valence electrons. The van der Waals surface area contributed by atoms with Crippen LogP contribution in [0.3, 0.4) is 0 Å². The lowest BCUT2D eigenvalue weighted by atomic mass is 9.96. The van der Waals surface area contributed by atoms with Crippen LogP contribution < -0.4 is 11.1 Å². The predicted molar refractivity (Wildman–Crippen MR) is 69.4 cm³/mol. The molecular weight excluding hydrogens is 246 g/mol. The van der Waals surface area contributed by atoms with Crippen molar-refractivity contribution in [2.24, 2.45) is 11.8 Å². The van der Waals surface area contributed by atoms with Crippen molar-refractivity contribution < 1.29 is 14.7 Å². The van der Waals surface area contributed by atoms with Crippen LogP contribution in [0.2, 0.25) is 0 Å². The summed E-state index contributed by atoms with van der Waals surface area (Å²) in [6, 6.07) is 3.26. The lowest BCUT2D eigenvalue weighted by molar-refractivity contribution is -0.142. The van der Waals surface area contributed by atoms with Gasteiger partial charge in [-0.3, -0.25) is 9.59 Å². The third-order valence-corrected chi connectivity index (χ3v) is 3.56. The van der Waals surface area contributed by atoms with Crippen LogP contribution in [0.5, 0.6) is 0 Å². The van der Waals surface area contributed by atoms with E-state index in [-0.39, 0.29) is 23.4 Å². The maximum Gasteiger partial charge on any atom is 0.306 e. The first-order chi connectivity index (χ1) is 9.09. The number of aliphatic carboxylic acids is 1. The number of aromatic nitrogens is 1. The number of carbonyl (C=O) groups excluding carboxylic acids is 1. The van der Waals surface area contributed by atoms with Gasteiger partial charge < -0.3 is 16.2 Å². The zero-order valence-electron chi connectivity index (χ0n) is 10.5. The van der Waals surface area contributed by atoms with Gasteiger partial charge in [-0.1, -0.05) is 6.42 Å². The van der Waals surface area contributed by atoms with E-state index in [1.165, 1.54) is 6.20 Å². The summed E-state index contributed by atoms with van der Waals surface area (Å²) in [6.07, 6.45) is 3.90. The number of hydrogen-bond acceptors (Lipinski definition) is 4. The Labute approximate surface area is 111 Å². The number of nitrogens with one attached hydrogen (secondary N) is 1. The third kappa shape index (κ3) is 3.01. The molecule has 4 N–H and O–H groups in total. The summed E-state index contributed by atoms with van der Waals surface area (Å²) in [5.41, 5.74) is 6.17. The van der Waals surface area contributed by atoms with Crippen LogP contribution in [0.25, 0.3) is 0 Å². The summed E-state index contributed by atoms with van der Waals surface area (Å²) in [5, 5.41) is 11.8. The zero-order valence-corrected chi connectivity index (χ0v) is 10.5. The van der Waals surface area contributed by atoms with Gasteiger partial charge in [0.25, 0.3) is 5.91 Å². The van der Waals surface area contributed by atoms with Crippen molar-refractivity contribution in [3.63, 3.8) is 0 Å². The summed E-state index contributed by atoms with van der Waals surface area (Å²) in [4.78, 5) is 26.9. The number of carboxylic acid groups (broad SMARTS) is 1. The van der Waals surface area contributed by atoms with Crippen LogP contribution in [0, 0.1) is 11.8 Å². The molecule has 0 spiro atoms. The highest BCUT2D eigenvalue weighted by Crippen LogP contribution is 2.31. The number of anilines is 1. The molecule has 19 heavy (non-hydrogen) atoms. The summed E-state index contributed by atoms with van der Waals surface area (Å²) >= 11 is 0. The topological polar surface area (TPSA) is 105 Å². The molecular formula is C13H17N3O3. The van der Waals surface area contributed by atoms with E-state index in [0.717, 1.165) is 12.8 Å². The number of carboxylic acids is 1. The minimum absolute atomic E-state index is 0.00798. The number of pyridine rings is 1. The number of rotatable bonds is 4. The third-order valence-electron chi connectivity index (χ3n) is 3.56. The van der Waals surface area contributed by atoms with Gasteiger partial charge in [-0.05, 0) is 30.9 Å². The second-order valence-electron chi connectivity index (χ2n) is 4.79. The van der Waals surface area contributed by atoms with E-state index in [1.54, 1.807) is 12.1 Å². The average molecular weight is 263 g/mol. The van der Waals surface area contributed by atoms with E-state index < -0.39 is 5.97 Å². The standard InChI is InChI=1S/C13H17N3O3/c14-10-5-2-6-15-11(10)12(17)16-7-8-3-1-4-9(8)13(18)19/h2,5-6,8-9H,1,3-4,7,14H2,(H,16,17)(H,18,19). The first-order valence-corrected chi connectivity index (χ1v) is 6.31. The van der Waals surface area contributed by atoms with Crippen molar-refractivity contribution in [2.75, 3.05) is 12.3 Å². The van der Waals surface area contributed by atoms with Gasteiger partial charge in [0.05, 0.1) is 11.6 Å². The Morgan fingerprint density at radius 1 is 1.47 bits per heavy atom. The average Bonchev–Trinajstić information content (AvgIpc) is 2.85. The Morgan fingerprint density at radius 3 is 2.95 bits per heavy atom. The molecule has 0 aliphatic heterocycles. The minimum atomic E-state index is -0.783. The zero-order chi connectivity index (χ0) is 13.8. The van der Waals surface area contributed by atoms with Crippen molar-refractivity contribution in [1.82, 2.24) is 10.3 Å². The second-order valence-corrected chi connectivity index (χ2v) is 4.79. The highest BCUT2D eigenvalue weighted by molar-refractivity contribution is 5.97. The van der Waals surface area contributed by atoms with Crippen LogP contribution in [0.4, 0.5) is 5.69 Å². The van der Waals surface area contributed by atoms with Gasteiger partial charge in [0, 0.05) is 12.7 Å². The van der Waals surface area contributed by atoms with Crippen LogP contribution >= 0.6 is 0 Å². The largest absolute Gasteiger partial charge is 0.481 e. The Bertz CT molecular complexity index is 490. The molecule has 6 heteroatoms. The van der Waals surface area contributed by atoms with Gasteiger partial charge in [-0.25, -0.2) is 4.98 Å². The van der Waals surface area contributed by atoms with Crippen molar-refractivity contribution in [3.8, 4) is 0 Å². The quantitative estimate of drug-likeness (QED) is 0.748. The fraction of sp³-hybridized carbons (Fsp3) is 0.462. The Balaban J connectivity index is 1.94. The van der Waals surface area contributed by atoms with E-state index in [9.17, 15) is 9.59 Å². The summed E-state index contributed by atoms with van der Waals surface area (Å²) < 4.78 is 0. The lowest BCUT2D eigenvalue weighted by Crippen LogP contribution is -2.33. The van der Waals surface area contributed by atoms with E-state index in [4.69, 9.17) is 10.8 Å². The molecule has 2 rings (SSSR count). The molecule has 0 bridgehead atoms. The van der Waals surface area contributed by atoms with Crippen molar-refractivity contribution >= 4 is 17.6 Å². The summed E-state index contributed by atoms with van der Waals surface area (Å²) in [7, 11) is 0. The molecule has 2 unspecified atom stereocenters. The lowest BCUT2D eigenvalue weighted by Gasteiger charge is -2.16. The van der Waals surface area contributed by atoms with Gasteiger partial charge in [0.2, 0.25) is 0 Å². The highest BCUT2D eigenvalue weighted by Gasteiger charge is 2.33. The molecule has 1 saturated carbocycles. The van der Waals surface area contributed by atoms with Crippen molar-refractivity contribution in [3.05, 3.63) is 24.0 Å². The smallest absolute Gasteiger partial charge is 0.306 e. The van der Waals surface area contributed by atoms with Gasteiger partial charge in [0.15, 0.2) is 5.69 Å². The number of nitrogens with zero attached hydrogens (tertiary/aromatic N) is 1.